The summed E-state index contributed by atoms with van der Waals surface area (Å²) in [6.07, 6.45) is 1.47. The lowest BCUT2D eigenvalue weighted by Crippen LogP contribution is -2.60. The van der Waals surface area contributed by atoms with E-state index in [0.717, 1.165) is 5.69 Å². The fourth-order valence-corrected chi connectivity index (χ4v) is 4.30. The first-order chi connectivity index (χ1) is 14.0. The topological polar surface area (TPSA) is 77.8 Å². The second-order valence-corrected chi connectivity index (χ2v) is 7.58. The van der Waals surface area contributed by atoms with E-state index in [1.807, 2.05) is 30.3 Å². The van der Waals surface area contributed by atoms with E-state index in [1.165, 1.54) is 29.9 Å². The molecule has 0 bridgehead atoms. The molecule has 2 aliphatic heterocycles. The summed E-state index contributed by atoms with van der Waals surface area (Å²) < 4.78 is 5.17. The van der Waals surface area contributed by atoms with E-state index in [2.05, 4.69) is 10.2 Å². The molecule has 2 heterocycles. The summed E-state index contributed by atoms with van der Waals surface area (Å²) in [5.41, 5.74) is 1.21. The van der Waals surface area contributed by atoms with Gasteiger partial charge in [-0.1, -0.05) is 18.2 Å². The number of rotatable bonds is 4. The fraction of sp³-hybridized carbons (Fsp3) is 0.200. The summed E-state index contributed by atoms with van der Waals surface area (Å²) in [7, 11) is 3.32. The van der Waals surface area contributed by atoms with Gasteiger partial charge >= 0.3 is 0 Å². The zero-order valence-electron chi connectivity index (χ0n) is 16.1. The molecular weight excluding hydrogens is 390 g/mol. The number of thioether (sulfide) groups is 1. The van der Waals surface area contributed by atoms with Crippen LogP contribution in [0.3, 0.4) is 0 Å². The molecule has 8 nitrogen and oxygen atoms in total. The average Bonchev–Trinajstić information content (AvgIpc) is 3.30. The van der Waals surface area contributed by atoms with Crippen LogP contribution in [0.5, 0.6) is 5.75 Å². The highest BCUT2D eigenvalue weighted by Gasteiger charge is 2.58. The molecule has 0 saturated carbocycles. The number of Topliss-reactive ketones (excluding diaryl/α,β-unsaturated/α-hetero) is 1. The van der Waals surface area contributed by atoms with E-state index >= 15 is 0 Å². The second kappa shape index (κ2) is 7.25. The van der Waals surface area contributed by atoms with Crippen LogP contribution in [0.1, 0.15) is 17.3 Å². The minimum atomic E-state index is -1.15. The maximum atomic E-state index is 13.4. The van der Waals surface area contributed by atoms with Crippen LogP contribution in [0, 0.1) is 0 Å². The molecule has 4 rings (SSSR count). The number of nitrogens with zero attached hydrogens (tertiary/aromatic N) is 5. The van der Waals surface area contributed by atoms with Crippen molar-refractivity contribution in [2.75, 3.05) is 19.2 Å². The molecule has 1 amide bonds. The second-order valence-electron chi connectivity index (χ2n) is 6.44. The monoisotopic (exact) mass is 409 g/mol. The summed E-state index contributed by atoms with van der Waals surface area (Å²) in [5.74, 6) is 0.214. The first-order valence-corrected chi connectivity index (χ1v) is 9.68. The molecule has 1 spiro atoms. The number of carbonyl (C=O) groups excluding carboxylic acids is 2. The highest BCUT2D eigenvalue weighted by Crippen LogP contribution is 2.47. The smallest absolute Gasteiger partial charge is 0.291 e. The molecule has 1 unspecified atom stereocenters. The van der Waals surface area contributed by atoms with Gasteiger partial charge in [0.15, 0.2) is 10.8 Å². The van der Waals surface area contributed by atoms with Crippen LogP contribution in [-0.4, -0.2) is 52.3 Å². The molecule has 0 aliphatic carbocycles. The third kappa shape index (κ3) is 3.03. The molecule has 0 aromatic heterocycles. The SMILES string of the molecule is COc1ccc(C(=O)N2C=NN(C)C23SC(C(C)=O)=NN3c2ccccc2)cc1. The van der Waals surface area contributed by atoms with Crippen LogP contribution < -0.4 is 9.75 Å². The number of ether oxygens (including phenoxy) is 1. The van der Waals surface area contributed by atoms with Crippen molar-refractivity contribution in [1.29, 1.82) is 0 Å². The van der Waals surface area contributed by atoms with Crippen LogP contribution in [0.25, 0.3) is 0 Å². The largest absolute Gasteiger partial charge is 0.497 e. The van der Waals surface area contributed by atoms with Gasteiger partial charge in [-0.3, -0.25) is 9.59 Å². The highest BCUT2D eigenvalue weighted by molar-refractivity contribution is 8.17. The number of hydrazone groups is 2. The predicted octanol–water partition coefficient (Wildman–Crippen LogP) is 2.79. The van der Waals surface area contributed by atoms with E-state index in [1.54, 1.807) is 48.4 Å². The summed E-state index contributed by atoms with van der Waals surface area (Å²) in [5, 5.41) is 11.3. The Balaban J connectivity index is 1.78. The Morgan fingerprint density at radius 3 is 2.38 bits per heavy atom. The van der Waals surface area contributed by atoms with Crippen molar-refractivity contribution in [2.45, 2.75) is 12.0 Å². The summed E-state index contributed by atoms with van der Waals surface area (Å²) >= 11 is 1.19. The fourth-order valence-electron chi connectivity index (χ4n) is 3.13. The van der Waals surface area contributed by atoms with Crippen LogP contribution >= 0.6 is 11.8 Å². The van der Waals surface area contributed by atoms with Gasteiger partial charge < -0.3 is 4.74 Å². The average molecular weight is 409 g/mol. The van der Waals surface area contributed by atoms with Crippen molar-refractivity contribution in [2.24, 2.45) is 10.2 Å². The number of ketones is 1. The van der Waals surface area contributed by atoms with E-state index in [4.69, 9.17) is 4.74 Å². The number of anilines is 1. The number of methoxy groups -OCH3 is 1. The van der Waals surface area contributed by atoms with Crippen LogP contribution in [0.15, 0.2) is 64.8 Å². The van der Waals surface area contributed by atoms with Gasteiger partial charge in [0.1, 0.15) is 12.1 Å². The van der Waals surface area contributed by atoms with Gasteiger partial charge in [0.2, 0.25) is 0 Å². The van der Waals surface area contributed by atoms with Crippen molar-refractivity contribution in [3.63, 3.8) is 0 Å². The Kier molecular flexibility index (Phi) is 4.75. The zero-order chi connectivity index (χ0) is 20.6. The molecule has 0 N–H and O–H groups in total. The predicted molar refractivity (Wildman–Crippen MR) is 113 cm³/mol. The van der Waals surface area contributed by atoms with Gasteiger partial charge in [-0.15, -0.1) is 0 Å². The molecule has 29 heavy (non-hydrogen) atoms. The van der Waals surface area contributed by atoms with Gasteiger partial charge in [-0.2, -0.15) is 10.2 Å². The number of hydrogen-bond donors (Lipinski definition) is 0. The van der Waals surface area contributed by atoms with Crippen LogP contribution in [0.2, 0.25) is 0 Å². The lowest BCUT2D eigenvalue weighted by molar-refractivity contribution is -0.110. The quantitative estimate of drug-likeness (QED) is 0.773. The maximum absolute atomic E-state index is 13.4. The van der Waals surface area contributed by atoms with Crippen molar-refractivity contribution in [3.05, 3.63) is 60.2 Å². The molecular formula is C20H19N5O3S. The van der Waals surface area contributed by atoms with E-state index in [0.29, 0.717) is 16.4 Å². The number of hydrogen-bond acceptors (Lipinski definition) is 8. The Hall–Kier alpha value is -3.33. The molecule has 0 saturated heterocycles. The summed E-state index contributed by atoms with van der Waals surface area (Å²) in [6.45, 7) is 1.46. The minimum absolute atomic E-state index is 0.176. The first-order valence-electron chi connectivity index (χ1n) is 8.87. The minimum Gasteiger partial charge on any atom is -0.497 e. The molecule has 1 atom stereocenters. The number of carbonyl (C=O) groups is 2. The zero-order valence-corrected chi connectivity index (χ0v) is 17.0. The molecule has 2 aromatic rings. The highest BCUT2D eigenvalue weighted by atomic mass is 32.2. The van der Waals surface area contributed by atoms with Crippen molar-refractivity contribution < 1.29 is 14.3 Å². The van der Waals surface area contributed by atoms with E-state index in [9.17, 15) is 9.59 Å². The van der Waals surface area contributed by atoms with Crippen LogP contribution in [-0.2, 0) is 4.79 Å². The summed E-state index contributed by atoms with van der Waals surface area (Å²) in [4.78, 5) is 27.0. The van der Waals surface area contributed by atoms with Gasteiger partial charge in [0.25, 0.3) is 11.0 Å². The standard InChI is InChI=1S/C20H19N5O3S/c1-14(26)18-22-25(16-7-5-4-6-8-16)20(29-18)23(2)21-13-24(20)19(27)15-9-11-17(28-3)12-10-15/h4-13H,1-3H3. The van der Waals surface area contributed by atoms with Gasteiger partial charge in [0, 0.05) is 19.5 Å². The van der Waals surface area contributed by atoms with Crippen LogP contribution in [0.4, 0.5) is 5.69 Å². The van der Waals surface area contributed by atoms with Gasteiger partial charge in [-0.05, 0) is 48.2 Å². The van der Waals surface area contributed by atoms with E-state index < -0.39 is 5.12 Å². The number of benzene rings is 2. The maximum Gasteiger partial charge on any atom is 0.291 e. The summed E-state index contributed by atoms with van der Waals surface area (Å²) in [6, 6.07) is 16.2. The van der Waals surface area contributed by atoms with Gasteiger partial charge in [0.05, 0.1) is 12.8 Å². The van der Waals surface area contributed by atoms with Crippen molar-refractivity contribution in [1.82, 2.24) is 9.91 Å². The van der Waals surface area contributed by atoms with Crippen molar-refractivity contribution in [3.8, 4) is 5.75 Å². The number of amides is 1. The Morgan fingerprint density at radius 2 is 1.76 bits per heavy atom. The molecule has 2 aliphatic rings. The lowest BCUT2D eigenvalue weighted by atomic mass is 10.2. The Labute approximate surface area is 172 Å². The Morgan fingerprint density at radius 1 is 1.07 bits per heavy atom. The third-order valence-electron chi connectivity index (χ3n) is 4.63. The normalized spacial score (nSPS) is 20.4. The lowest BCUT2D eigenvalue weighted by Gasteiger charge is -2.42. The Bertz CT molecular complexity index is 1010. The molecule has 0 fully saturated rings. The molecule has 2 aromatic carbocycles. The van der Waals surface area contributed by atoms with Crippen molar-refractivity contribution >= 4 is 40.5 Å². The van der Waals surface area contributed by atoms with E-state index in [-0.39, 0.29) is 11.7 Å². The number of para-hydroxylation sites is 1. The van der Waals surface area contributed by atoms with Gasteiger partial charge in [-0.25, -0.2) is 14.9 Å². The third-order valence-corrected chi connectivity index (χ3v) is 6.10. The first kappa shape index (κ1) is 19.0. The molecule has 9 heteroatoms. The molecule has 148 valence electrons. The molecule has 0 radical (unpaired) electrons.